The van der Waals surface area contributed by atoms with Gasteiger partial charge in [0.2, 0.25) is 0 Å². The first-order valence-corrected chi connectivity index (χ1v) is 7.16. The fourth-order valence-corrected chi connectivity index (χ4v) is 2.50. The number of furan rings is 1. The topological polar surface area (TPSA) is 28.4 Å². The zero-order chi connectivity index (χ0) is 14.5. The lowest BCUT2D eigenvalue weighted by Crippen LogP contribution is -2.21. The van der Waals surface area contributed by atoms with Crippen molar-refractivity contribution in [2.24, 2.45) is 0 Å². The van der Waals surface area contributed by atoms with E-state index in [1.54, 1.807) is 0 Å². The van der Waals surface area contributed by atoms with Crippen LogP contribution in [0.3, 0.4) is 0 Å². The molecule has 20 heavy (non-hydrogen) atoms. The standard InChI is InChI=1S/C16H21ClN2O/c1-12(15-6-4-5-7-16(15)17)19(3)11-14-9-8-13(20-14)10-18-2/h4-9,12,18H,10-11H2,1-3H3. The number of benzene rings is 1. The molecule has 1 heterocycles. The molecule has 108 valence electrons. The van der Waals surface area contributed by atoms with Crippen LogP contribution in [0.25, 0.3) is 0 Å². The maximum Gasteiger partial charge on any atom is 0.118 e. The van der Waals surface area contributed by atoms with Crippen molar-refractivity contribution in [3.05, 3.63) is 58.5 Å². The van der Waals surface area contributed by atoms with E-state index < -0.39 is 0 Å². The Labute approximate surface area is 125 Å². The second kappa shape index (κ2) is 6.93. The molecule has 0 saturated heterocycles. The fraction of sp³-hybridized carbons (Fsp3) is 0.375. The van der Waals surface area contributed by atoms with Gasteiger partial charge in [0.1, 0.15) is 11.5 Å². The molecule has 0 amide bonds. The van der Waals surface area contributed by atoms with E-state index in [1.165, 1.54) is 0 Å². The van der Waals surface area contributed by atoms with Crippen LogP contribution in [0, 0.1) is 0 Å². The van der Waals surface area contributed by atoms with Crippen LogP contribution in [0.15, 0.2) is 40.8 Å². The highest BCUT2D eigenvalue weighted by Gasteiger charge is 2.15. The molecule has 0 radical (unpaired) electrons. The smallest absolute Gasteiger partial charge is 0.118 e. The number of rotatable bonds is 6. The maximum atomic E-state index is 6.25. The summed E-state index contributed by atoms with van der Waals surface area (Å²) in [5.74, 6) is 1.93. The van der Waals surface area contributed by atoms with Gasteiger partial charge in [-0.25, -0.2) is 0 Å². The molecule has 1 aromatic heterocycles. The second-order valence-corrected chi connectivity index (χ2v) is 5.42. The summed E-state index contributed by atoms with van der Waals surface area (Å²) in [6.07, 6.45) is 0. The van der Waals surface area contributed by atoms with Gasteiger partial charge < -0.3 is 9.73 Å². The van der Waals surface area contributed by atoms with Crippen molar-refractivity contribution >= 4 is 11.6 Å². The van der Waals surface area contributed by atoms with Crippen molar-refractivity contribution in [1.82, 2.24) is 10.2 Å². The molecule has 0 bridgehead atoms. The zero-order valence-corrected chi connectivity index (χ0v) is 12.9. The zero-order valence-electron chi connectivity index (χ0n) is 12.2. The van der Waals surface area contributed by atoms with Gasteiger partial charge in [0, 0.05) is 11.1 Å². The van der Waals surface area contributed by atoms with Crippen molar-refractivity contribution in [3.63, 3.8) is 0 Å². The third-order valence-corrected chi connectivity index (χ3v) is 3.83. The average Bonchev–Trinajstić information content (AvgIpc) is 2.86. The first-order chi connectivity index (χ1) is 9.61. The summed E-state index contributed by atoms with van der Waals surface area (Å²) in [6.45, 7) is 3.67. The Morgan fingerprint density at radius 2 is 1.90 bits per heavy atom. The van der Waals surface area contributed by atoms with Gasteiger partial charge in [0.05, 0.1) is 13.1 Å². The highest BCUT2D eigenvalue weighted by molar-refractivity contribution is 6.31. The van der Waals surface area contributed by atoms with E-state index in [-0.39, 0.29) is 6.04 Å². The number of hydrogen-bond donors (Lipinski definition) is 1. The van der Waals surface area contributed by atoms with E-state index in [9.17, 15) is 0 Å². The molecular formula is C16H21ClN2O. The SMILES string of the molecule is CNCc1ccc(CN(C)C(C)c2ccccc2Cl)o1. The van der Waals surface area contributed by atoms with Gasteiger partial charge in [0.15, 0.2) is 0 Å². The van der Waals surface area contributed by atoms with Gasteiger partial charge in [-0.05, 0) is 44.8 Å². The highest BCUT2D eigenvalue weighted by atomic mass is 35.5. The molecule has 1 unspecified atom stereocenters. The molecule has 0 aliphatic heterocycles. The Kier molecular flexibility index (Phi) is 5.24. The van der Waals surface area contributed by atoms with Crippen LogP contribution >= 0.6 is 11.6 Å². The molecule has 1 N–H and O–H groups in total. The molecular weight excluding hydrogens is 272 g/mol. The van der Waals surface area contributed by atoms with E-state index in [2.05, 4.69) is 30.3 Å². The number of hydrogen-bond acceptors (Lipinski definition) is 3. The highest BCUT2D eigenvalue weighted by Crippen LogP contribution is 2.27. The molecule has 3 nitrogen and oxygen atoms in total. The number of nitrogens with one attached hydrogen (secondary N) is 1. The van der Waals surface area contributed by atoms with E-state index in [4.69, 9.17) is 16.0 Å². The summed E-state index contributed by atoms with van der Waals surface area (Å²) in [6, 6.07) is 12.2. The van der Waals surface area contributed by atoms with Gasteiger partial charge in [-0.15, -0.1) is 0 Å². The van der Waals surface area contributed by atoms with Crippen molar-refractivity contribution in [3.8, 4) is 0 Å². The second-order valence-electron chi connectivity index (χ2n) is 5.01. The average molecular weight is 293 g/mol. The Morgan fingerprint density at radius 3 is 2.60 bits per heavy atom. The van der Waals surface area contributed by atoms with Gasteiger partial charge in [-0.1, -0.05) is 29.8 Å². The van der Waals surface area contributed by atoms with Gasteiger partial charge >= 0.3 is 0 Å². The minimum atomic E-state index is 0.238. The van der Waals surface area contributed by atoms with Crippen LogP contribution in [0.2, 0.25) is 5.02 Å². The Hall–Kier alpha value is -1.29. The molecule has 4 heteroatoms. The van der Waals surface area contributed by atoms with Crippen molar-refractivity contribution in [2.75, 3.05) is 14.1 Å². The molecule has 1 aromatic carbocycles. The normalized spacial score (nSPS) is 12.8. The van der Waals surface area contributed by atoms with Gasteiger partial charge in [-0.3, -0.25) is 4.90 Å². The van der Waals surface area contributed by atoms with Crippen molar-refractivity contribution in [2.45, 2.75) is 26.1 Å². The fourth-order valence-electron chi connectivity index (χ4n) is 2.21. The number of halogens is 1. The molecule has 0 aliphatic rings. The van der Waals surface area contributed by atoms with Crippen LogP contribution < -0.4 is 5.32 Å². The van der Waals surface area contributed by atoms with E-state index >= 15 is 0 Å². The Morgan fingerprint density at radius 1 is 1.20 bits per heavy atom. The largest absolute Gasteiger partial charge is 0.463 e. The van der Waals surface area contributed by atoms with Crippen LogP contribution in [-0.2, 0) is 13.1 Å². The van der Waals surface area contributed by atoms with E-state index in [1.807, 2.05) is 37.4 Å². The molecule has 0 saturated carbocycles. The molecule has 0 aliphatic carbocycles. The lowest BCUT2D eigenvalue weighted by atomic mass is 10.1. The van der Waals surface area contributed by atoms with Crippen LogP contribution in [-0.4, -0.2) is 19.0 Å². The minimum absolute atomic E-state index is 0.238. The van der Waals surface area contributed by atoms with Gasteiger partial charge in [0.25, 0.3) is 0 Å². The number of nitrogens with zero attached hydrogens (tertiary/aromatic N) is 1. The van der Waals surface area contributed by atoms with E-state index in [0.29, 0.717) is 0 Å². The molecule has 0 spiro atoms. The van der Waals surface area contributed by atoms with Gasteiger partial charge in [-0.2, -0.15) is 0 Å². The van der Waals surface area contributed by atoms with Crippen molar-refractivity contribution in [1.29, 1.82) is 0 Å². The third kappa shape index (κ3) is 3.63. The van der Waals surface area contributed by atoms with Crippen LogP contribution in [0.1, 0.15) is 30.0 Å². The molecule has 2 aromatic rings. The van der Waals surface area contributed by atoms with Crippen LogP contribution in [0.4, 0.5) is 0 Å². The summed E-state index contributed by atoms with van der Waals surface area (Å²) < 4.78 is 5.77. The monoisotopic (exact) mass is 292 g/mol. The Balaban J connectivity index is 2.03. The van der Waals surface area contributed by atoms with E-state index in [0.717, 1.165) is 35.2 Å². The molecule has 2 rings (SSSR count). The van der Waals surface area contributed by atoms with Crippen LogP contribution in [0.5, 0.6) is 0 Å². The van der Waals surface area contributed by atoms with Crippen molar-refractivity contribution < 1.29 is 4.42 Å². The first-order valence-electron chi connectivity index (χ1n) is 6.78. The minimum Gasteiger partial charge on any atom is -0.463 e. The summed E-state index contributed by atoms with van der Waals surface area (Å²) in [5.41, 5.74) is 1.14. The lowest BCUT2D eigenvalue weighted by Gasteiger charge is -2.24. The summed E-state index contributed by atoms with van der Waals surface area (Å²) in [5, 5.41) is 3.89. The summed E-state index contributed by atoms with van der Waals surface area (Å²) in [4.78, 5) is 2.23. The quantitative estimate of drug-likeness (QED) is 0.877. The third-order valence-electron chi connectivity index (χ3n) is 3.49. The maximum absolute atomic E-state index is 6.25. The summed E-state index contributed by atoms with van der Waals surface area (Å²) in [7, 11) is 3.99. The molecule has 0 fully saturated rings. The summed E-state index contributed by atoms with van der Waals surface area (Å²) >= 11 is 6.25. The predicted octanol–water partition coefficient (Wildman–Crippen LogP) is 3.85. The Bertz CT molecular complexity index is 553. The lowest BCUT2D eigenvalue weighted by molar-refractivity contribution is 0.230. The molecule has 1 atom stereocenters. The first kappa shape index (κ1) is 15.1. The predicted molar refractivity (Wildman–Crippen MR) is 82.8 cm³/mol.